The first-order valence-corrected chi connectivity index (χ1v) is 12.4. The van der Waals surface area contributed by atoms with Gasteiger partial charge in [0.1, 0.15) is 11.9 Å². The van der Waals surface area contributed by atoms with Crippen LogP contribution >= 0.6 is 0 Å². The lowest BCUT2D eigenvalue weighted by Gasteiger charge is -2.57. The summed E-state index contributed by atoms with van der Waals surface area (Å²) in [6.07, 6.45) is 10.9. The van der Waals surface area contributed by atoms with Crippen molar-refractivity contribution in [2.24, 2.45) is 34.5 Å². The molecule has 0 unspecified atom stereocenters. The van der Waals surface area contributed by atoms with Crippen molar-refractivity contribution in [2.45, 2.75) is 78.2 Å². The Hall–Kier alpha value is -2.10. The monoisotopic (exact) mass is 436 g/mol. The van der Waals surface area contributed by atoms with E-state index in [4.69, 9.17) is 9.47 Å². The van der Waals surface area contributed by atoms with Gasteiger partial charge in [-0.2, -0.15) is 0 Å². The lowest BCUT2D eigenvalue weighted by Crippen LogP contribution is -2.51. The number of esters is 2. The third-order valence-corrected chi connectivity index (χ3v) is 9.64. The van der Waals surface area contributed by atoms with E-state index in [2.05, 4.69) is 19.9 Å². The van der Waals surface area contributed by atoms with Crippen LogP contribution in [0.3, 0.4) is 0 Å². The van der Waals surface area contributed by atoms with Crippen LogP contribution < -0.4 is 4.74 Å². The van der Waals surface area contributed by atoms with Crippen molar-refractivity contribution in [1.29, 1.82) is 0 Å². The molecule has 4 nitrogen and oxygen atoms in total. The molecule has 0 heterocycles. The number of rotatable bonds is 3. The van der Waals surface area contributed by atoms with Crippen LogP contribution in [0.1, 0.15) is 72.1 Å². The SMILES string of the molecule is CC(=O)O[C@@H]1CC[C@@]2(C)C(=CC[C@H]3[C@@H]4CC[C@H](C(=O)Oc5ccccc5)[C@@]4(C)CC[C@@H]32)C1. The van der Waals surface area contributed by atoms with E-state index in [-0.39, 0.29) is 34.8 Å². The highest BCUT2D eigenvalue weighted by molar-refractivity contribution is 5.76. The fourth-order valence-electron chi connectivity index (χ4n) is 8.03. The van der Waals surface area contributed by atoms with Gasteiger partial charge in [-0.1, -0.05) is 43.7 Å². The molecule has 3 fully saturated rings. The first kappa shape index (κ1) is 21.7. The van der Waals surface area contributed by atoms with Crippen LogP contribution in [0.25, 0.3) is 0 Å². The quantitative estimate of drug-likeness (QED) is 0.326. The van der Waals surface area contributed by atoms with Crippen molar-refractivity contribution < 1.29 is 19.1 Å². The van der Waals surface area contributed by atoms with E-state index >= 15 is 0 Å². The number of hydrogen-bond donors (Lipinski definition) is 0. The van der Waals surface area contributed by atoms with Gasteiger partial charge in [0.05, 0.1) is 5.92 Å². The molecule has 4 heteroatoms. The molecule has 0 amide bonds. The van der Waals surface area contributed by atoms with Gasteiger partial charge in [0.25, 0.3) is 0 Å². The maximum absolute atomic E-state index is 13.2. The molecule has 0 bridgehead atoms. The van der Waals surface area contributed by atoms with Crippen LogP contribution in [0.15, 0.2) is 42.0 Å². The van der Waals surface area contributed by atoms with Gasteiger partial charge in [-0.3, -0.25) is 9.59 Å². The molecular weight excluding hydrogens is 400 g/mol. The van der Waals surface area contributed by atoms with Crippen LogP contribution in [-0.2, 0) is 14.3 Å². The summed E-state index contributed by atoms with van der Waals surface area (Å²) in [5, 5.41) is 0. The number of carbonyl (C=O) groups excluding carboxylic acids is 2. The second-order valence-corrected chi connectivity index (χ2v) is 11.1. The van der Waals surface area contributed by atoms with E-state index in [0.717, 1.165) is 44.9 Å². The van der Waals surface area contributed by atoms with Crippen LogP contribution in [0.2, 0.25) is 0 Å². The van der Waals surface area contributed by atoms with E-state index in [1.807, 2.05) is 30.3 Å². The normalized spacial score (nSPS) is 40.3. The highest BCUT2D eigenvalue weighted by Gasteiger charge is 2.60. The van der Waals surface area contributed by atoms with E-state index in [1.54, 1.807) is 0 Å². The predicted molar refractivity (Wildman–Crippen MR) is 123 cm³/mol. The van der Waals surface area contributed by atoms with E-state index < -0.39 is 0 Å². The van der Waals surface area contributed by atoms with Crippen molar-refractivity contribution >= 4 is 11.9 Å². The molecule has 0 aromatic heterocycles. The zero-order valence-electron chi connectivity index (χ0n) is 19.6. The highest BCUT2D eigenvalue weighted by atomic mass is 16.5. The number of benzene rings is 1. The molecule has 5 rings (SSSR count). The first-order valence-electron chi connectivity index (χ1n) is 12.4. The molecule has 32 heavy (non-hydrogen) atoms. The Morgan fingerprint density at radius 1 is 0.969 bits per heavy atom. The van der Waals surface area contributed by atoms with Gasteiger partial charge in [-0.25, -0.2) is 0 Å². The summed E-state index contributed by atoms with van der Waals surface area (Å²) >= 11 is 0. The minimum atomic E-state index is -0.166. The van der Waals surface area contributed by atoms with Gasteiger partial charge in [0, 0.05) is 13.3 Å². The highest BCUT2D eigenvalue weighted by Crippen LogP contribution is 2.66. The third kappa shape index (κ3) is 3.50. The van der Waals surface area contributed by atoms with Crippen LogP contribution in [0, 0.1) is 34.5 Å². The standard InChI is InChI=1S/C28H36O4/c1-18(29)31-21-13-15-27(2)19(17-21)9-10-22-23-11-12-25(28(23,3)16-14-24(22)27)26(30)32-20-7-5-4-6-8-20/h4-9,21-25H,10-17H2,1-3H3/t21-,22+,23+,24+,25-,27+,28+/m1/s1. The smallest absolute Gasteiger partial charge is 0.314 e. The second kappa shape index (κ2) is 8.04. The number of allylic oxidation sites excluding steroid dienone is 1. The summed E-state index contributed by atoms with van der Waals surface area (Å²) in [6, 6.07) is 9.50. The van der Waals surface area contributed by atoms with Crippen molar-refractivity contribution in [3.63, 3.8) is 0 Å². The summed E-state index contributed by atoms with van der Waals surface area (Å²) < 4.78 is 11.4. The Morgan fingerprint density at radius 2 is 1.75 bits per heavy atom. The molecule has 1 aromatic rings. The van der Waals surface area contributed by atoms with Gasteiger partial charge >= 0.3 is 11.9 Å². The van der Waals surface area contributed by atoms with Crippen molar-refractivity contribution in [3.05, 3.63) is 42.0 Å². The Kier molecular flexibility index (Phi) is 5.46. The second-order valence-electron chi connectivity index (χ2n) is 11.1. The van der Waals surface area contributed by atoms with Crippen LogP contribution in [0.4, 0.5) is 0 Å². The van der Waals surface area contributed by atoms with Crippen molar-refractivity contribution in [3.8, 4) is 5.75 Å². The number of para-hydroxylation sites is 1. The molecule has 0 aliphatic heterocycles. The van der Waals surface area contributed by atoms with Gasteiger partial charge in [-0.05, 0) is 85.7 Å². The molecule has 3 saturated carbocycles. The molecule has 4 aliphatic carbocycles. The Bertz CT molecular complexity index is 921. The van der Waals surface area contributed by atoms with Crippen LogP contribution in [0.5, 0.6) is 5.75 Å². The largest absolute Gasteiger partial charge is 0.462 e. The Balaban J connectivity index is 1.34. The Labute approximate surface area is 191 Å². The van der Waals surface area contributed by atoms with Gasteiger partial charge in [0.2, 0.25) is 0 Å². The molecule has 4 aliphatic rings. The number of hydrogen-bond acceptors (Lipinski definition) is 4. The number of carbonyl (C=O) groups is 2. The lowest BCUT2D eigenvalue weighted by atomic mass is 9.47. The molecule has 7 atom stereocenters. The molecular formula is C28H36O4. The minimum Gasteiger partial charge on any atom is -0.462 e. The van der Waals surface area contributed by atoms with Crippen LogP contribution in [-0.4, -0.2) is 18.0 Å². The summed E-state index contributed by atoms with van der Waals surface area (Å²) in [4.78, 5) is 24.6. The summed E-state index contributed by atoms with van der Waals surface area (Å²) in [7, 11) is 0. The van der Waals surface area contributed by atoms with E-state index in [0.29, 0.717) is 23.5 Å². The zero-order valence-corrected chi connectivity index (χ0v) is 19.6. The fraction of sp³-hybridized carbons (Fsp3) is 0.643. The maximum atomic E-state index is 13.2. The summed E-state index contributed by atoms with van der Waals surface area (Å²) in [5.41, 5.74) is 1.76. The van der Waals surface area contributed by atoms with Gasteiger partial charge < -0.3 is 9.47 Å². The third-order valence-electron chi connectivity index (χ3n) is 9.64. The number of fused-ring (bicyclic) bond motifs is 5. The summed E-state index contributed by atoms with van der Waals surface area (Å²) in [6.45, 7) is 6.33. The minimum absolute atomic E-state index is 0.00783. The molecule has 0 radical (unpaired) electrons. The van der Waals surface area contributed by atoms with Crippen molar-refractivity contribution in [1.82, 2.24) is 0 Å². The van der Waals surface area contributed by atoms with E-state index in [1.165, 1.54) is 18.9 Å². The molecule has 0 saturated heterocycles. The number of ether oxygens (including phenoxy) is 2. The molecule has 172 valence electrons. The topological polar surface area (TPSA) is 52.6 Å². The average molecular weight is 437 g/mol. The van der Waals surface area contributed by atoms with Gasteiger partial charge in [0.15, 0.2) is 0 Å². The maximum Gasteiger partial charge on any atom is 0.314 e. The van der Waals surface area contributed by atoms with E-state index in [9.17, 15) is 9.59 Å². The first-order chi connectivity index (χ1) is 15.3. The van der Waals surface area contributed by atoms with Gasteiger partial charge in [-0.15, -0.1) is 0 Å². The molecule has 0 spiro atoms. The fourth-order valence-corrected chi connectivity index (χ4v) is 8.03. The lowest BCUT2D eigenvalue weighted by molar-refractivity contribution is -0.150. The van der Waals surface area contributed by atoms with Crippen molar-refractivity contribution in [2.75, 3.05) is 0 Å². The molecule has 1 aromatic carbocycles. The zero-order chi connectivity index (χ0) is 22.5. The average Bonchev–Trinajstić information content (AvgIpc) is 3.12. The predicted octanol–water partition coefficient (Wildman–Crippen LogP) is 6.10. The Morgan fingerprint density at radius 3 is 2.50 bits per heavy atom. The molecule has 0 N–H and O–H groups in total. The summed E-state index contributed by atoms with van der Waals surface area (Å²) in [5.74, 6) is 2.33.